The topological polar surface area (TPSA) is 49.7 Å². The fourth-order valence-corrected chi connectivity index (χ4v) is 0.863. The van der Waals surface area contributed by atoms with Crippen LogP contribution in [-0.2, 0) is 4.74 Å². The van der Waals surface area contributed by atoms with E-state index in [4.69, 9.17) is 10.2 Å². The summed E-state index contributed by atoms with van der Waals surface area (Å²) >= 11 is 0. The van der Waals surface area contributed by atoms with Gasteiger partial charge in [-0.2, -0.15) is 0 Å². The normalized spacial score (nSPS) is 39.0. The second-order valence-electron chi connectivity index (χ2n) is 2.06. The van der Waals surface area contributed by atoms with E-state index in [2.05, 4.69) is 4.74 Å². The lowest BCUT2D eigenvalue weighted by Gasteiger charge is -2.12. The quantitative estimate of drug-likeness (QED) is 0.507. The van der Waals surface area contributed by atoms with Crippen LogP contribution < -0.4 is 0 Å². The molecule has 1 heterocycles. The van der Waals surface area contributed by atoms with Crippen LogP contribution in [0.2, 0.25) is 0 Å². The number of ether oxygens (including phenoxy) is 1. The molecule has 54 valence electrons. The monoisotopic (exact) mass is 136 g/mol. The van der Waals surface area contributed by atoms with E-state index in [1.54, 1.807) is 0 Å². The fourth-order valence-electron chi connectivity index (χ4n) is 0.863. The summed E-state index contributed by atoms with van der Waals surface area (Å²) in [6.45, 7) is 0.326. The van der Waals surface area contributed by atoms with Crippen LogP contribution in [0, 0.1) is 0 Å². The number of aliphatic hydroxyl groups excluding tert-OH is 2. The molecule has 9 heavy (non-hydrogen) atoms. The van der Waals surface area contributed by atoms with Crippen molar-refractivity contribution in [1.29, 1.82) is 0 Å². The van der Waals surface area contributed by atoms with Crippen molar-refractivity contribution in [1.82, 2.24) is 0 Å². The predicted octanol–water partition coefficient (Wildman–Crippen LogP) is -0.576. The van der Waals surface area contributed by atoms with Crippen LogP contribution in [0.1, 0.15) is 6.42 Å². The van der Waals surface area contributed by atoms with Crippen molar-refractivity contribution in [2.45, 2.75) is 25.0 Å². The Morgan fingerprint density at radius 1 is 1.67 bits per heavy atom. The number of aliphatic hydroxyl groups is 2. The lowest BCUT2D eigenvalue weighted by atomic mass is 10.2. The molecule has 3 unspecified atom stereocenters. The fraction of sp³-hybridized carbons (Fsp3) is 1.00. The Labute approximate surface area is 52.1 Å². The molecule has 1 aliphatic heterocycles. The first-order valence-corrected chi connectivity index (χ1v) is 2.83. The van der Waals surface area contributed by atoms with Crippen LogP contribution in [0.3, 0.4) is 0 Å². The van der Waals surface area contributed by atoms with Gasteiger partial charge in [-0.25, -0.2) is 4.39 Å². The van der Waals surface area contributed by atoms with E-state index in [1.807, 2.05) is 0 Å². The van der Waals surface area contributed by atoms with Crippen LogP contribution in [0.4, 0.5) is 4.39 Å². The van der Waals surface area contributed by atoms with Gasteiger partial charge in [0, 0.05) is 6.61 Å². The molecule has 0 aromatic heterocycles. The molecule has 0 aromatic carbocycles. The minimum absolute atomic E-state index is 0.326. The maximum atomic E-state index is 11.9. The average molecular weight is 136 g/mol. The lowest BCUT2D eigenvalue weighted by molar-refractivity contribution is -0.105. The molecule has 1 rings (SSSR count). The summed E-state index contributed by atoms with van der Waals surface area (Å²) in [5, 5.41) is 17.1. The SMILES string of the molecule is OC(F)C1OCCC1O. The molecule has 0 radical (unpaired) electrons. The first kappa shape index (κ1) is 6.92. The van der Waals surface area contributed by atoms with E-state index in [1.165, 1.54) is 0 Å². The number of hydrogen-bond acceptors (Lipinski definition) is 3. The van der Waals surface area contributed by atoms with Crippen LogP contribution in [-0.4, -0.2) is 35.4 Å². The molecule has 1 saturated heterocycles. The zero-order valence-electron chi connectivity index (χ0n) is 4.83. The van der Waals surface area contributed by atoms with E-state index in [0.717, 1.165) is 0 Å². The molecule has 1 aliphatic rings. The zero-order valence-corrected chi connectivity index (χ0v) is 4.83. The smallest absolute Gasteiger partial charge is 0.225 e. The average Bonchev–Trinajstić information content (AvgIpc) is 2.13. The van der Waals surface area contributed by atoms with Crippen molar-refractivity contribution in [3.05, 3.63) is 0 Å². The van der Waals surface area contributed by atoms with Gasteiger partial charge >= 0.3 is 0 Å². The Bertz CT molecular complexity index is 96.2. The van der Waals surface area contributed by atoms with Crippen LogP contribution in [0.25, 0.3) is 0 Å². The van der Waals surface area contributed by atoms with Gasteiger partial charge in [-0.05, 0) is 6.42 Å². The Morgan fingerprint density at radius 3 is 2.56 bits per heavy atom. The minimum Gasteiger partial charge on any atom is -0.390 e. The summed E-state index contributed by atoms with van der Waals surface area (Å²) in [5.74, 6) is 0. The van der Waals surface area contributed by atoms with Gasteiger partial charge in [0.15, 0.2) is 0 Å². The molecular weight excluding hydrogens is 127 g/mol. The standard InChI is InChI=1S/C5H9FO3/c6-5(8)4-3(7)1-2-9-4/h3-5,7-8H,1-2H2. The molecule has 3 atom stereocenters. The van der Waals surface area contributed by atoms with Gasteiger partial charge in [0.25, 0.3) is 0 Å². The lowest BCUT2D eigenvalue weighted by Crippen LogP contribution is -2.30. The third kappa shape index (κ3) is 1.38. The highest BCUT2D eigenvalue weighted by Crippen LogP contribution is 2.16. The first-order valence-electron chi connectivity index (χ1n) is 2.83. The van der Waals surface area contributed by atoms with Crippen molar-refractivity contribution in [2.24, 2.45) is 0 Å². The highest BCUT2D eigenvalue weighted by atomic mass is 19.1. The summed E-state index contributed by atoms with van der Waals surface area (Å²) in [4.78, 5) is 0. The summed E-state index contributed by atoms with van der Waals surface area (Å²) < 4.78 is 16.6. The van der Waals surface area contributed by atoms with E-state index in [-0.39, 0.29) is 0 Å². The maximum Gasteiger partial charge on any atom is 0.225 e. The molecule has 4 heteroatoms. The van der Waals surface area contributed by atoms with Crippen LogP contribution in [0.15, 0.2) is 0 Å². The van der Waals surface area contributed by atoms with Gasteiger partial charge in [-0.1, -0.05) is 0 Å². The molecule has 0 aromatic rings. The maximum absolute atomic E-state index is 11.9. The van der Waals surface area contributed by atoms with Gasteiger partial charge in [0.1, 0.15) is 6.10 Å². The van der Waals surface area contributed by atoms with Crippen molar-refractivity contribution < 1.29 is 19.3 Å². The van der Waals surface area contributed by atoms with Gasteiger partial charge < -0.3 is 14.9 Å². The molecule has 2 N–H and O–H groups in total. The second kappa shape index (κ2) is 2.60. The molecule has 0 amide bonds. The predicted molar refractivity (Wildman–Crippen MR) is 27.5 cm³/mol. The van der Waals surface area contributed by atoms with Crippen LogP contribution in [0.5, 0.6) is 0 Å². The second-order valence-corrected chi connectivity index (χ2v) is 2.06. The van der Waals surface area contributed by atoms with Crippen molar-refractivity contribution in [3.63, 3.8) is 0 Å². The van der Waals surface area contributed by atoms with E-state index in [0.29, 0.717) is 13.0 Å². The third-order valence-electron chi connectivity index (χ3n) is 1.37. The summed E-state index contributed by atoms with van der Waals surface area (Å²) in [5.41, 5.74) is 0. The number of rotatable bonds is 1. The molecule has 1 fully saturated rings. The van der Waals surface area contributed by atoms with Crippen molar-refractivity contribution in [3.8, 4) is 0 Å². The zero-order chi connectivity index (χ0) is 6.85. The number of alkyl halides is 1. The van der Waals surface area contributed by atoms with Crippen molar-refractivity contribution in [2.75, 3.05) is 6.61 Å². The Hall–Kier alpha value is -0.190. The molecule has 0 spiro atoms. The third-order valence-corrected chi connectivity index (χ3v) is 1.37. The largest absolute Gasteiger partial charge is 0.390 e. The molecule has 3 nitrogen and oxygen atoms in total. The van der Waals surface area contributed by atoms with Gasteiger partial charge in [-0.3, -0.25) is 0 Å². The van der Waals surface area contributed by atoms with E-state index < -0.39 is 18.6 Å². The van der Waals surface area contributed by atoms with Crippen molar-refractivity contribution >= 4 is 0 Å². The number of halogens is 1. The van der Waals surface area contributed by atoms with Gasteiger partial charge in [-0.15, -0.1) is 0 Å². The van der Waals surface area contributed by atoms with E-state index >= 15 is 0 Å². The summed E-state index contributed by atoms with van der Waals surface area (Å²) in [7, 11) is 0. The molecular formula is C5H9FO3. The minimum atomic E-state index is -2.05. The highest BCUT2D eigenvalue weighted by molar-refractivity contribution is 4.76. The summed E-state index contributed by atoms with van der Waals surface area (Å²) in [6, 6.07) is 0. The Balaban J connectivity index is 2.40. The molecule has 0 saturated carbocycles. The summed E-state index contributed by atoms with van der Waals surface area (Å²) in [6.07, 6.45) is -3.51. The van der Waals surface area contributed by atoms with E-state index in [9.17, 15) is 4.39 Å². The Kier molecular flexibility index (Phi) is 2.00. The molecule has 0 bridgehead atoms. The highest BCUT2D eigenvalue weighted by Gasteiger charge is 2.32. The van der Waals surface area contributed by atoms with Gasteiger partial charge in [0.2, 0.25) is 6.36 Å². The van der Waals surface area contributed by atoms with Gasteiger partial charge in [0.05, 0.1) is 6.10 Å². The van der Waals surface area contributed by atoms with Crippen LogP contribution >= 0.6 is 0 Å². The Morgan fingerprint density at radius 2 is 2.33 bits per heavy atom. The first-order chi connectivity index (χ1) is 4.22. The molecule has 0 aliphatic carbocycles. The number of hydrogen-bond donors (Lipinski definition) is 2.